The van der Waals surface area contributed by atoms with Gasteiger partial charge in [-0.3, -0.25) is 14.4 Å². The molecule has 7 nitrogen and oxygen atoms in total. The van der Waals surface area contributed by atoms with E-state index in [-0.39, 0.29) is 23.5 Å². The zero-order valence-corrected chi connectivity index (χ0v) is 15.1. The van der Waals surface area contributed by atoms with E-state index in [4.69, 9.17) is 4.42 Å². The second-order valence-corrected chi connectivity index (χ2v) is 6.97. The van der Waals surface area contributed by atoms with Gasteiger partial charge in [-0.05, 0) is 44.2 Å². The van der Waals surface area contributed by atoms with Crippen LogP contribution in [0.5, 0.6) is 0 Å². The normalized spacial score (nSPS) is 20.9. The van der Waals surface area contributed by atoms with Crippen molar-refractivity contribution in [3.8, 4) is 0 Å². The van der Waals surface area contributed by atoms with Gasteiger partial charge in [0, 0.05) is 32.6 Å². The van der Waals surface area contributed by atoms with E-state index >= 15 is 0 Å². The summed E-state index contributed by atoms with van der Waals surface area (Å²) in [7, 11) is 0. The van der Waals surface area contributed by atoms with Crippen LogP contribution in [0.3, 0.4) is 0 Å². The molecule has 1 N–H and O–H groups in total. The number of rotatable bonds is 6. The number of carbonyl (C=O) groups is 3. The van der Waals surface area contributed by atoms with Gasteiger partial charge in [0.2, 0.25) is 11.8 Å². The fourth-order valence-electron chi connectivity index (χ4n) is 3.70. The molecule has 0 radical (unpaired) electrons. The quantitative estimate of drug-likeness (QED) is 0.783. The van der Waals surface area contributed by atoms with Gasteiger partial charge in [-0.25, -0.2) is 0 Å². The second-order valence-electron chi connectivity index (χ2n) is 6.97. The molecule has 3 amide bonds. The molecule has 1 atom stereocenters. The maximum atomic E-state index is 12.5. The lowest BCUT2D eigenvalue weighted by atomic mass is 10.2. The molecule has 3 heterocycles. The van der Waals surface area contributed by atoms with Crippen molar-refractivity contribution in [2.45, 2.75) is 51.0 Å². The van der Waals surface area contributed by atoms with Gasteiger partial charge in [0.15, 0.2) is 5.76 Å². The summed E-state index contributed by atoms with van der Waals surface area (Å²) in [6.45, 7) is 2.58. The molecule has 3 rings (SSSR count). The van der Waals surface area contributed by atoms with Crippen LogP contribution in [0.2, 0.25) is 0 Å². The Bertz CT molecular complexity index is 629. The molecule has 26 heavy (non-hydrogen) atoms. The number of likely N-dealkylation sites (tertiary alicyclic amines) is 2. The smallest absolute Gasteiger partial charge is 0.290 e. The van der Waals surface area contributed by atoms with Crippen LogP contribution in [0, 0.1) is 0 Å². The predicted octanol–water partition coefficient (Wildman–Crippen LogP) is 1.79. The van der Waals surface area contributed by atoms with E-state index in [0.29, 0.717) is 32.5 Å². The Kier molecular flexibility index (Phi) is 6.30. The van der Waals surface area contributed by atoms with Gasteiger partial charge in [-0.2, -0.15) is 0 Å². The number of nitrogens with zero attached hydrogens (tertiary/aromatic N) is 2. The number of hydrogen-bond acceptors (Lipinski definition) is 4. The van der Waals surface area contributed by atoms with Crippen LogP contribution in [0.15, 0.2) is 22.8 Å². The number of amides is 3. The summed E-state index contributed by atoms with van der Waals surface area (Å²) in [6.07, 6.45) is 7.46. The van der Waals surface area contributed by atoms with Gasteiger partial charge in [0.1, 0.15) is 6.04 Å². The molecule has 2 aliphatic heterocycles. The van der Waals surface area contributed by atoms with Crippen LogP contribution in [-0.2, 0) is 9.59 Å². The number of carbonyl (C=O) groups excluding carboxylic acids is 3. The average molecular weight is 361 g/mol. The lowest BCUT2D eigenvalue weighted by Crippen LogP contribution is -2.46. The SMILES string of the molecule is O=C(NCCCN1CCCCCC1=O)C1CCCN1C(=O)c1ccco1. The van der Waals surface area contributed by atoms with Crippen molar-refractivity contribution in [1.29, 1.82) is 0 Å². The minimum atomic E-state index is -0.438. The highest BCUT2D eigenvalue weighted by Gasteiger charge is 2.35. The van der Waals surface area contributed by atoms with E-state index in [2.05, 4.69) is 5.32 Å². The summed E-state index contributed by atoms with van der Waals surface area (Å²) < 4.78 is 5.16. The van der Waals surface area contributed by atoms with E-state index in [1.807, 2.05) is 4.90 Å². The Balaban J connectivity index is 1.44. The number of nitrogens with one attached hydrogen (secondary N) is 1. The van der Waals surface area contributed by atoms with Crippen LogP contribution in [0.1, 0.15) is 55.5 Å². The van der Waals surface area contributed by atoms with Gasteiger partial charge < -0.3 is 19.5 Å². The Labute approximate surface area is 153 Å². The Hall–Kier alpha value is -2.31. The predicted molar refractivity (Wildman–Crippen MR) is 95.4 cm³/mol. The van der Waals surface area contributed by atoms with Crippen LogP contribution >= 0.6 is 0 Å². The first-order valence-electron chi connectivity index (χ1n) is 9.57. The number of furan rings is 1. The van der Waals surface area contributed by atoms with Crippen molar-refractivity contribution in [2.24, 2.45) is 0 Å². The highest BCUT2D eigenvalue weighted by molar-refractivity contribution is 5.95. The zero-order chi connectivity index (χ0) is 18.4. The van der Waals surface area contributed by atoms with Crippen molar-refractivity contribution in [1.82, 2.24) is 15.1 Å². The molecule has 0 aliphatic carbocycles. The fourth-order valence-corrected chi connectivity index (χ4v) is 3.70. The average Bonchev–Trinajstić information content (AvgIpc) is 3.30. The van der Waals surface area contributed by atoms with Crippen LogP contribution in [-0.4, -0.2) is 59.7 Å². The molecular formula is C19H27N3O4. The van der Waals surface area contributed by atoms with Gasteiger partial charge >= 0.3 is 0 Å². The molecular weight excluding hydrogens is 334 g/mol. The van der Waals surface area contributed by atoms with Crippen molar-refractivity contribution >= 4 is 17.7 Å². The summed E-state index contributed by atoms with van der Waals surface area (Å²) in [4.78, 5) is 40.4. The summed E-state index contributed by atoms with van der Waals surface area (Å²) in [5.74, 6) is 0.136. The monoisotopic (exact) mass is 361 g/mol. The lowest BCUT2D eigenvalue weighted by molar-refractivity contribution is -0.130. The Morgan fingerprint density at radius 3 is 2.88 bits per heavy atom. The maximum Gasteiger partial charge on any atom is 0.290 e. The van der Waals surface area contributed by atoms with Gasteiger partial charge in [0.25, 0.3) is 5.91 Å². The molecule has 2 saturated heterocycles. The van der Waals surface area contributed by atoms with Gasteiger partial charge in [-0.1, -0.05) is 6.42 Å². The third-order valence-electron chi connectivity index (χ3n) is 5.12. The molecule has 0 aromatic carbocycles. The van der Waals surface area contributed by atoms with Crippen LogP contribution < -0.4 is 5.32 Å². The van der Waals surface area contributed by atoms with Crippen molar-refractivity contribution in [3.05, 3.63) is 24.2 Å². The third-order valence-corrected chi connectivity index (χ3v) is 5.12. The molecule has 1 aromatic heterocycles. The van der Waals surface area contributed by atoms with Crippen LogP contribution in [0.4, 0.5) is 0 Å². The lowest BCUT2D eigenvalue weighted by Gasteiger charge is -2.24. The number of hydrogen-bond donors (Lipinski definition) is 1. The Morgan fingerprint density at radius 1 is 1.19 bits per heavy atom. The van der Waals surface area contributed by atoms with Crippen molar-refractivity contribution < 1.29 is 18.8 Å². The molecule has 0 bridgehead atoms. The maximum absolute atomic E-state index is 12.5. The van der Waals surface area contributed by atoms with Gasteiger partial charge in [0.05, 0.1) is 6.26 Å². The molecule has 1 aromatic rings. The minimum Gasteiger partial charge on any atom is -0.459 e. The van der Waals surface area contributed by atoms with Crippen molar-refractivity contribution in [2.75, 3.05) is 26.2 Å². The molecule has 2 aliphatic rings. The van der Waals surface area contributed by atoms with Crippen molar-refractivity contribution in [3.63, 3.8) is 0 Å². The highest BCUT2D eigenvalue weighted by atomic mass is 16.3. The minimum absolute atomic E-state index is 0.121. The van der Waals surface area contributed by atoms with E-state index in [1.54, 1.807) is 17.0 Å². The first kappa shape index (κ1) is 18.5. The molecule has 0 spiro atoms. The zero-order valence-electron chi connectivity index (χ0n) is 15.1. The standard InChI is InChI=1S/C19H27N3O4/c23-17-9-2-1-3-11-21(17)12-6-10-20-18(24)15-7-4-13-22(15)19(25)16-8-5-14-26-16/h5,8,14-15H,1-4,6-7,9-13H2,(H,20,24). The first-order chi connectivity index (χ1) is 12.7. The molecule has 1 unspecified atom stereocenters. The molecule has 0 saturated carbocycles. The summed E-state index contributed by atoms with van der Waals surface area (Å²) in [5.41, 5.74) is 0. The summed E-state index contributed by atoms with van der Waals surface area (Å²) in [6, 6.07) is 2.85. The topological polar surface area (TPSA) is 82.9 Å². The summed E-state index contributed by atoms with van der Waals surface area (Å²) >= 11 is 0. The van der Waals surface area contributed by atoms with Gasteiger partial charge in [-0.15, -0.1) is 0 Å². The second kappa shape index (κ2) is 8.87. The largest absolute Gasteiger partial charge is 0.459 e. The van der Waals surface area contributed by atoms with E-state index in [1.165, 1.54) is 6.26 Å². The van der Waals surface area contributed by atoms with E-state index < -0.39 is 6.04 Å². The Morgan fingerprint density at radius 2 is 2.08 bits per heavy atom. The molecule has 142 valence electrons. The fraction of sp³-hybridized carbons (Fsp3) is 0.632. The summed E-state index contributed by atoms with van der Waals surface area (Å²) in [5, 5.41) is 2.92. The molecule has 7 heteroatoms. The van der Waals surface area contributed by atoms with E-state index in [0.717, 1.165) is 38.6 Å². The van der Waals surface area contributed by atoms with Crippen LogP contribution in [0.25, 0.3) is 0 Å². The highest BCUT2D eigenvalue weighted by Crippen LogP contribution is 2.20. The van der Waals surface area contributed by atoms with E-state index in [9.17, 15) is 14.4 Å². The third kappa shape index (κ3) is 4.45. The first-order valence-corrected chi connectivity index (χ1v) is 9.57. The molecule has 2 fully saturated rings.